The van der Waals surface area contributed by atoms with Crippen molar-refractivity contribution >= 4 is 21.7 Å². The number of halogens is 1. The molecule has 1 aliphatic rings. The number of nitrogens with zero attached hydrogens (tertiary/aromatic N) is 4. The minimum absolute atomic E-state index is 0.147. The fraction of sp³-hybridized carbons (Fsp3) is 0.636. The van der Waals surface area contributed by atoms with Crippen molar-refractivity contribution in [3.63, 3.8) is 0 Å². The predicted molar refractivity (Wildman–Crippen MR) is 66.1 cm³/mol. The molecule has 1 aliphatic heterocycles. The fourth-order valence-electron chi connectivity index (χ4n) is 2.06. The Balaban J connectivity index is 2.11. The molecule has 1 aromatic heterocycles. The van der Waals surface area contributed by atoms with Crippen molar-refractivity contribution in [1.29, 1.82) is 5.26 Å². The summed E-state index contributed by atoms with van der Waals surface area (Å²) in [6, 6.07) is 4.44. The largest absolute Gasteiger partial charge is 0.357 e. The number of rotatable bonds is 1. The molecule has 16 heavy (non-hydrogen) atoms. The van der Waals surface area contributed by atoms with Gasteiger partial charge in [0.2, 0.25) is 0 Å². The van der Waals surface area contributed by atoms with Gasteiger partial charge in [0.25, 0.3) is 0 Å². The van der Waals surface area contributed by atoms with E-state index in [0.717, 1.165) is 36.4 Å². The molecular formula is C11H15BrN4. The molecule has 0 amide bonds. The highest BCUT2D eigenvalue weighted by Crippen LogP contribution is 2.32. The topological polar surface area (TPSA) is 44.9 Å². The lowest BCUT2D eigenvalue weighted by Crippen LogP contribution is -2.38. The van der Waals surface area contributed by atoms with Crippen molar-refractivity contribution in [3.05, 3.63) is 10.7 Å². The smallest absolute Gasteiger partial charge is 0.130 e. The van der Waals surface area contributed by atoms with Gasteiger partial charge in [-0.25, -0.2) is 0 Å². The Hall–Kier alpha value is -1.02. The van der Waals surface area contributed by atoms with Crippen LogP contribution < -0.4 is 4.90 Å². The van der Waals surface area contributed by atoms with E-state index in [1.54, 1.807) is 0 Å². The molecule has 0 unspecified atom stereocenters. The summed E-state index contributed by atoms with van der Waals surface area (Å²) < 4.78 is 2.73. The molecule has 1 saturated heterocycles. The van der Waals surface area contributed by atoms with E-state index in [9.17, 15) is 0 Å². The molecule has 0 aliphatic carbocycles. The molecule has 2 rings (SSSR count). The van der Waals surface area contributed by atoms with Crippen molar-refractivity contribution in [2.45, 2.75) is 19.8 Å². The molecule has 2 heterocycles. The van der Waals surface area contributed by atoms with Crippen LogP contribution in [-0.4, -0.2) is 22.9 Å². The summed E-state index contributed by atoms with van der Waals surface area (Å²) in [7, 11) is 1.94. The third-order valence-electron chi connectivity index (χ3n) is 3.29. The first kappa shape index (κ1) is 11.5. The van der Waals surface area contributed by atoms with Crippen LogP contribution in [0, 0.1) is 16.7 Å². The van der Waals surface area contributed by atoms with Gasteiger partial charge in [-0.05, 0) is 35.7 Å². The SMILES string of the molecule is Cn1nc(Br)cc1N1CCC(C)(C#N)CC1. The monoisotopic (exact) mass is 282 g/mol. The lowest BCUT2D eigenvalue weighted by molar-refractivity contribution is 0.335. The van der Waals surface area contributed by atoms with E-state index < -0.39 is 0 Å². The van der Waals surface area contributed by atoms with Gasteiger partial charge < -0.3 is 4.90 Å². The van der Waals surface area contributed by atoms with Crippen molar-refractivity contribution in [2.75, 3.05) is 18.0 Å². The maximum atomic E-state index is 9.07. The minimum atomic E-state index is -0.147. The van der Waals surface area contributed by atoms with Crippen LogP contribution >= 0.6 is 15.9 Å². The molecule has 0 bridgehead atoms. The lowest BCUT2D eigenvalue weighted by Gasteiger charge is -2.35. The van der Waals surface area contributed by atoms with E-state index >= 15 is 0 Å². The van der Waals surface area contributed by atoms with Gasteiger partial charge >= 0.3 is 0 Å². The van der Waals surface area contributed by atoms with Crippen molar-refractivity contribution < 1.29 is 0 Å². The molecule has 1 aromatic rings. The van der Waals surface area contributed by atoms with Gasteiger partial charge in [0.1, 0.15) is 10.4 Å². The number of hydrogen-bond donors (Lipinski definition) is 0. The van der Waals surface area contributed by atoms with Crippen LogP contribution in [0.1, 0.15) is 19.8 Å². The lowest BCUT2D eigenvalue weighted by atomic mass is 9.82. The molecule has 0 aromatic carbocycles. The number of aromatic nitrogens is 2. The minimum Gasteiger partial charge on any atom is -0.357 e. The average Bonchev–Trinajstić information content (AvgIpc) is 2.59. The van der Waals surface area contributed by atoms with Crippen LogP contribution in [0.25, 0.3) is 0 Å². The highest BCUT2D eigenvalue weighted by Gasteiger charge is 2.30. The van der Waals surface area contributed by atoms with E-state index in [4.69, 9.17) is 5.26 Å². The van der Waals surface area contributed by atoms with Crippen LogP contribution in [0.3, 0.4) is 0 Å². The Labute approximate surface area is 104 Å². The Morgan fingerprint density at radius 1 is 1.50 bits per heavy atom. The third-order valence-corrected chi connectivity index (χ3v) is 3.67. The quantitative estimate of drug-likeness (QED) is 0.794. The second kappa shape index (κ2) is 4.10. The van der Waals surface area contributed by atoms with Gasteiger partial charge in [0.05, 0.1) is 11.5 Å². The molecule has 0 saturated carbocycles. The average molecular weight is 283 g/mol. The fourth-order valence-corrected chi connectivity index (χ4v) is 2.50. The van der Waals surface area contributed by atoms with Crippen molar-refractivity contribution in [2.24, 2.45) is 12.5 Å². The van der Waals surface area contributed by atoms with E-state index in [1.807, 2.05) is 24.7 Å². The normalized spacial score (nSPS) is 19.5. The standard InChI is InChI=1S/C11H15BrN4/c1-11(8-13)3-5-16(6-4-11)10-7-9(12)14-15(10)2/h7H,3-6H2,1-2H3. The zero-order chi connectivity index (χ0) is 11.8. The predicted octanol–water partition coefficient (Wildman–Crippen LogP) is 2.31. The number of nitriles is 1. The summed E-state index contributed by atoms with van der Waals surface area (Å²) in [5, 5.41) is 13.3. The van der Waals surface area contributed by atoms with E-state index in [-0.39, 0.29) is 5.41 Å². The van der Waals surface area contributed by atoms with E-state index in [0.29, 0.717) is 0 Å². The highest BCUT2D eigenvalue weighted by molar-refractivity contribution is 9.10. The van der Waals surface area contributed by atoms with Crippen molar-refractivity contribution in [1.82, 2.24) is 9.78 Å². The van der Waals surface area contributed by atoms with Crippen LogP contribution in [0.4, 0.5) is 5.82 Å². The summed E-state index contributed by atoms with van der Waals surface area (Å²) in [4.78, 5) is 2.29. The zero-order valence-electron chi connectivity index (χ0n) is 9.57. The molecule has 0 radical (unpaired) electrons. The van der Waals surface area contributed by atoms with Gasteiger partial charge in [-0.3, -0.25) is 4.68 Å². The summed E-state index contributed by atoms with van der Waals surface area (Å²) in [6.07, 6.45) is 1.85. The van der Waals surface area contributed by atoms with Crippen LogP contribution in [0.5, 0.6) is 0 Å². The Morgan fingerprint density at radius 3 is 2.56 bits per heavy atom. The molecule has 0 N–H and O–H groups in total. The number of hydrogen-bond acceptors (Lipinski definition) is 3. The summed E-state index contributed by atoms with van der Waals surface area (Å²) in [5.41, 5.74) is -0.147. The summed E-state index contributed by atoms with van der Waals surface area (Å²) in [5.74, 6) is 1.12. The zero-order valence-corrected chi connectivity index (χ0v) is 11.2. The highest BCUT2D eigenvalue weighted by atomic mass is 79.9. The Morgan fingerprint density at radius 2 is 2.12 bits per heavy atom. The maximum Gasteiger partial charge on any atom is 0.130 e. The molecule has 1 fully saturated rings. The molecule has 86 valence electrons. The number of piperidine rings is 1. The molecule has 5 heteroatoms. The molecular weight excluding hydrogens is 268 g/mol. The van der Waals surface area contributed by atoms with Gasteiger partial charge in [-0.1, -0.05) is 0 Å². The second-order valence-corrected chi connectivity index (χ2v) is 5.42. The first-order valence-electron chi connectivity index (χ1n) is 5.40. The maximum absolute atomic E-state index is 9.07. The first-order valence-corrected chi connectivity index (χ1v) is 6.19. The Kier molecular flexibility index (Phi) is 2.94. The van der Waals surface area contributed by atoms with Crippen molar-refractivity contribution in [3.8, 4) is 6.07 Å². The van der Waals surface area contributed by atoms with E-state index in [1.165, 1.54) is 0 Å². The van der Waals surface area contributed by atoms with Gasteiger partial charge in [0.15, 0.2) is 0 Å². The molecule has 4 nitrogen and oxygen atoms in total. The van der Waals surface area contributed by atoms with Crippen LogP contribution in [0.15, 0.2) is 10.7 Å². The number of anilines is 1. The van der Waals surface area contributed by atoms with E-state index in [2.05, 4.69) is 32.0 Å². The summed E-state index contributed by atoms with van der Waals surface area (Å²) >= 11 is 3.37. The number of aryl methyl sites for hydroxylation is 1. The van der Waals surface area contributed by atoms with Crippen LogP contribution in [0.2, 0.25) is 0 Å². The van der Waals surface area contributed by atoms with Gasteiger partial charge in [0, 0.05) is 26.2 Å². The molecule has 0 spiro atoms. The van der Waals surface area contributed by atoms with Crippen LogP contribution in [-0.2, 0) is 7.05 Å². The van der Waals surface area contributed by atoms with Gasteiger partial charge in [-0.15, -0.1) is 0 Å². The Bertz CT molecular complexity index is 424. The second-order valence-electron chi connectivity index (χ2n) is 4.61. The van der Waals surface area contributed by atoms with Gasteiger partial charge in [-0.2, -0.15) is 10.4 Å². The molecule has 0 atom stereocenters. The summed E-state index contributed by atoms with van der Waals surface area (Å²) in [6.45, 7) is 3.90. The third kappa shape index (κ3) is 2.07. The first-order chi connectivity index (χ1) is 7.54.